The van der Waals surface area contributed by atoms with Crippen molar-refractivity contribution in [2.24, 2.45) is 11.8 Å². The summed E-state index contributed by atoms with van der Waals surface area (Å²) in [5.74, 6) is 1.36. The number of amides is 1. The largest absolute Gasteiger partial charge is 0.324 e. The van der Waals surface area contributed by atoms with Crippen molar-refractivity contribution in [1.82, 2.24) is 10.2 Å². The molecule has 4 nitrogen and oxygen atoms in total. The van der Waals surface area contributed by atoms with Crippen LogP contribution in [0.5, 0.6) is 0 Å². The number of benzene rings is 1. The van der Waals surface area contributed by atoms with Crippen LogP contribution in [0.3, 0.4) is 0 Å². The number of carbonyl (C=O) groups excluding carboxylic acids is 1. The van der Waals surface area contributed by atoms with Gasteiger partial charge in [-0.15, -0.1) is 0 Å². The maximum Gasteiger partial charge on any atom is 0.238 e. The van der Waals surface area contributed by atoms with E-state index in [2.05, 4.69) is 38.4 Å². The highest BCUT2D eigenvalue weighted by molar-refractivity contribution is 9.10. The predicted molar refractivity (Wildman–Crippen MR) is 88.7 cm³/mol. The van der Waals surface area contributed by atoms with E-state index in [0.717, 1.165) is 24.1 Å². The zero-order chi connectivity index (χ0) is 15.0. The van der Waals surface area contributed by atoms with E-state index in [1.54, 1.807) is 6.07 Å². The third kappa shape index (κ3) is 3.26. The first-order valence-corrected chi connectivity index (χ1v) is 8.41. The molecular formula is C15H19BrClN3O. The van der Waals surface area contributed by atoms with E-state index in [-0.39, 0.29) is 5.91 Å². The Balaban J connectivity index is 1.59. The van der Waals surface area contributed by atoms with Crippen LogP contribution >= 0.6 is 27.5 Å². The number of hydrogen-bond acceptors (Lipinski definition) is 3. The minimum absolute atomic E-state index is 0.000921. The number of anilines is 1. The molecule has 3 atom stereocenters. The Bertz CT molecular complexity index is 554. The van der Waals surface area contributed by atoms with E-state index in [1.165, 1.54) is 0 Å². The van der Waals surface area contributed by atoms with Gasteiger partial charge in [0.25, 0.3) is 0 Å². The molecule has 114 valence electrons. The lowest BCUT2D eigenvalue weighted by molar-refractivity contribution is -0.117. The first-order chi connectivity index (χ1) is 10.0. The Labute approximate surface area is 138 Å². The number of carbonyl (C=O) groups is 1. The first kappa shape index (κ1) is 15.3. The number of fused-ring (bicyclic) bond motifs is 1. The van der Waals surface area contributed by atoms with Gasteiger partial charge in [-0.25, -0.2) is 0 Å². The maximum atomic E-state index is 12.2. The molecule has 21 heavy (non-hydrogen) atoms. The first-order valence-electron chi connectivity index (χ1n) is 7.24. The number of hydrogen-bond donors (Lipinski definition) is 2. The minimum Gasteiger partial charge on any atom is -0.324 e. The molecule has 1 aromatic carbocycles. The molecule has 0 spiro atoms. The highest BCUT2D eigenvalue weighted by Crippen LogP contribution is 2.32. The van der Waals surface area contributed by atoms with Gasteiger partial charge in [0.1, 0.15) is 0 Å². The van der Waals surface area contributed by atoms with Crippen molar-refractivity contribution >= 4 is 39.1 Å². The van der Waals surface area contributed by atoms with E-state index in [1.807, 2.05) is 12.1 Å². The number of nitrogens with zero attached hydrogens (tertiary/aromatic N) is 1. The fourth-order valence-corrected chi connectivity index (χ4v) is 4.15. The summed E-state index contributed by atoms with van der Waals surface area (Å²) in [4.78, 5) is 14.5. The molecule has 2 fully saturated rings. The van der Waals surface area contributed by atoms with Crippen molar-refractivity contribution in [2.45, 2.75) is 13.0 Å². The zero-order valence-corrected chi connectivity index (χ0v) is 14.2. The Kier molecular flexibility index (Phi) is 4.54. The second-order valence-electron chi connectivity index (χ2n) is 5.92. The van der Waals surface area contributed by atoms with Crippen LogP contribution in [-0.2, 0) is 4.79 Å². The molecule has 1 amide bonds. The van der Waals surface area contributed by atoms with Gasteiger partial charge >= 0.3 is 0 Å². The van der Waals surface area contributed by atoms with Crippen LogP contribution < -0.4 is 10.6 Å². The summed E-state index contributed by atoms with van der Waals surface area (Å²) in [7, 11) is 0. The fraction of sp³-hybridized carbons (Fsp3) is 0.533. The van der Waals surface area contributed by atoms with Crippen molar-refractivity contribution in [1.29, 1.82) is 0 Å². The second kappa shape index (κ2) is 6.24. The molecule has 0 radical (unpaired) electrons. The molecule has 3 rings (SSSR count). The Hall–Kier alpha value is -0.620. The molecule has 0 bridgehead atoms. The number of likely N-dealkylation sites (tertiary alicyclic amines) is 1. The lowest BCUT2D eigenvalue weighted by Gasteiger charge is -2.23. The number of halogens is 2. The summed E-state index contributed by atoms with van der Waals surface area (Å²) < 4.78 is 0.902. The molecule has 1 aromatic rings. The van der Waals surface area contributed by atoms with Crippen LogP contribution in [0.4, 0.5) is 5.69 Å². The molecule has 3 unspecified atom stereocenters. The molecule has 2 saturated heterocycles. The predicted octanol–water partition coefficient (Wildman–Crippen LogP) is 2.58. The average Bonchev–Trinajstić information content (AvgIpc) is 2.98. The van der Waals surface area contributed by atoms with Gasteiger partial charge < -0.3 is 10.6 Å². The highest BCUT2D eigenvalue weighted by Gasteiger charge is 2.42. The van der Waals surface area contributed by atoms with Gasteiger partial charge in [0.2, 0.25) is 5.91 Å². The summed E-state index contributed by atoms with van der Waals surface area (Å²) in [6, 6.07) is 5.93. The van der Waals surface area contributed by atoms with E-state index >= 15 is 0 Å². The fourth-order valence-electron chi connectivity index (χ4n) is 3.43. The Morgan fingerprint density at radius 2 is 2.33 bits per heavy atom. The molecule has 2 aliphatic rings. The molecule has 0 saturated carbocycles. The molecular weight excluding hydrogens is 354 g/mol. The van der Waals surface area contributed by atoms with Crippen molar-refractivity contribution < 1.29 is 4.79 Å². The van der Waals surface area contributed by atoms with Gasteiger partial charge in [-0.3, -0.25) is 9.69 Å². The van der Waals surface area contributed by atoms with E-state index in [4.69, 9.17) is 11.6 Å². The lowest BCUT2D eigenvalue weighted by Crippen LogP contribution is -2.38. The van der Waals surface area contributed by atoms with Crippen LogP contribution in [0.15, 0.2) is 22.7 Å². The molecule has 2 N–H and O–H groups in total. The van der Waals surface area contributed by atoms with Crippen molar-refractivity contribution in [3.63, 3.8) is 0 Å². The highest BCUT2D eigenvalue weighted by atomic mass is 79.9. The summed E-state index contributed by atoms with van der Waals surface area (Å²) in [6.07, 6.45) is 0. The monoisotopic (exact) mass is 371 g/mol. The SMILES string of the molecule is CC1C2CNCC2CN1CC(=O)Nc1ccc(Br)cc1Cl. The van der Waals surface area contributed by atoms with E-state index in [9.17, 15) is 4.79 Å². The second-order valence-corrected chi connectivity index (χ2v) is 7.25. The Morgan fingerprint density at radius 1 is 1.52 bits per heavy atom. The van der Waals surface area contributed by atoms with Crippen LogP contribution in [0.2, 0.25) is 5.02 Å². The molecule has 0 aromatic heterocycles. The van der Waals surface area contributed by atoms with E-state index < -0.39 is 0 Å². The third-order valence-electron chi connectivity index (χ3n) is 4.61. The maximum absolute atomic E-state index is 12.2. The number of rotatable bonds is 3. The lowest BCUT2D eigenvalue weighted by atomic mass is 9.95. The summed E-state index contributed by atoms with van der Waals surface area (Å²) in [6.45, 7) is 5.80. The van der Waals surface area contributed by atoms with Crippen LogP contribution in [0.25, 0.3) is 0 Å². The minimum atomic E-state index is -0.000921. The zero-order valence-electron chi connectivity index (χ0n) is 11.9. The number of nitrogens with one attached hydrogen (secondary N) is 2. The van der Waals surface area contributed by atoms with E-state index in [0.29, 0.717) is 35.1 Å². The van der Waals surface area contributed by atoms with Crippen molar-refractivity contribution in [3.05, 3.63) is 27.7 Å². The topological polar surface area (TPSA) is 44.4 Å². The van der Waals surface area contributed by atoms with Gasteiger partial charge in [-0.1, -0.05) is 27.5 Å². The molecule has 2 aliphatic heterocycles. The molecule has 6 heteroatoms. The van der Waals surface area contributed by atoms with Gasteiger partial charge in [0.05, 0.1) is 17.3 Å². The standard InChI is InChI=1S/C15H19BrClN3O/c1-9-12-6-18-5-10(12)7-20(9)8-15(21)19-14-3-2-11(16)4-13(14)17/h2-4,9-10,12,18H,5-8H2,1H3,(H,19,21). The Morgan fingerprint density at radius 3 is 3.05 bits per heavy atom. The molecule has 2 heterocycles. The summed E-state index contributed by atoms with van der Waals surface area (Å²) in [5.41, 5.74) is 0.665. The van der Waals surface area contributed by atoms with Crippen LogP contribution in [0.1, 0.15) is 6.92 Å². The van der Waals surface area contributed by atoms with Gasteiger partial charge in [-0.2, -0.15) is 0 Å². The summed E-state index contributed by atoms with van der Waals surface area (Å²) in [5, 5.41) is 6.88. The van der Waals surface area contributed by atoms with Crippen LogP contribution in [0, 0.1) is 11.8 Å². The van der Waals surface area contributed by atoms with Gasteiger partial charge in [0.15, 0.2) is 0 Å². The van der Waals surface area contributed by atoms with Gasteiger partial charge in [0, 0.05) is 17.1 Å². The molecule has 0 aliphatic carbocycles. The normalized spacial score (nSPS) is 28.6. The quantitative estimate of drug-likeness (QED) is 0.857. The third-order valence-corrected chi connectivity index (χ3v) is 5.41. The van der Waals surface area contributed by atoms with Crippen molar-refractivity contribution in [3.8, 4) is 0 Å². The van der Waals surface area contributed by atoms with Gasteiger partial charge in [-0.05, 0) is 50.0 Å². The van der Waals surface area contributed by atoms with Crippen LogP contribution in [-0.4, -0.2) is 43.0 Å². The smallest absolute Gasteiger partial charge is 0.238 e. The van der Waals surface area contributed by atoms with Crippen molar-refractivity contribution in [2.75, 3.05) is 31.5 Å². The summed E-state index contributed by atoms with van der Waals surface area (Å²) >= 11 is 9.49. The average molecular weight is 373 g/mol.